The van der Waals surface area contributed by atoms with E-state index in [4.69, 9.17) is 4.42 Å². The van der Waals surface area contributed by atoms with Gasteiger partial charge in [-0.1, -0.05) is 12.1 Å². The molecular formula is C24H31N5O3S. The van der Waals surface area contributed by atoms with Crippen LogP contribution in [0.25, 0.3) is 34.2 Å². The average Bonchev–Trinajstić information content (AvgIpc) is 3.30. The van der Waals surface area contributed by atoms with E-state index in [1.54, 1.807) is 32.2 Å². The molecule has 0 saturated carbocycles. The van der Waals surface area contributed by atoms with Gasteiger partial charge in [-0.3, -0.25) is 19.1 Å². The smallest absolute Gasteiger partial charge is 0.250 e. The molecule has 3 aromatic heterocycles. The predicted octanol–water partition coefficient (Wildman–Crippen LogP) is 5.90. The zero-order valence-corrected chi connectivity index (χ0v) is 19.8. The van der Waals surface area contributed by atoms with Gasteiger partial charge in [-0.2, -0.15) is 10.6 Å². The van der Waals surface area contributed by atoms with E-state index < -0.39 is 10.6 Å². The molecule has 4 rings (SSSR count). The third-order valence-corrected chi connectivity index (χ3v) is 7.61. The van der Waals surface area contributed by atoms with E-state index in [0.717, 1.165) is 28.9 Å². The van der Waals surface area contributed by atoms with E-state index in [9.17, 15) is 9.11 Å². The molecule has 3 N–H and O–H groups in total. The van der Waals surface area contributed by atoms with Crippen LogP contribution in [0.2, 0.25) is 0 Å². The van der Waals surface area contributed by atoms with E-state index in [2.05, 4.69) is 25.5 Å². The molecule has 0 bridgehead atoms. The van der Waals surface area contributed by atoms with Crippen molar-refractivity contribution in [3.05, 3.63) is 66.1 Å². The molecule has 33 heavy (non-hydrogen) atoms. The minimum absolute atomic E-state index is 0. The number of hydrogen-bond donors (Lipinski definition) is 3. The number of nitrogens with one attached hydrogen (secondary N) is 1. The van der Waals surface area contributed by atoms with Crippen LogP contribution in [0.5, 0.6) is 0 Å². The molecule has 0 saturated heterocycles. The zero-order chi connectivity index (χ0) is 23.6. The maximum atomic E-state index is 10.3. The van der Waals surface area contributed by atoms with Gasteiger partial charge in [0.15, 0.2) is 0 Å². The van der Waals surface area contributed by atoms with E-state index in [0.29, 0.717) is 22.4 Å². The summed E-state index contributed by atoms with van der Waals surface area (Å²) in [6.07, 6.45) is 3.23. The molecule has 8 nitrogen and oxygen atoms in total. The predicted molar refractivity (Wildman–Crippen MR) is 134 cm³/mol. The summed E-state index contributed by atoms with van der Waals surface area (Å²) in [7, 11) is -0.970. The largest absolute Gasteiger partial charge is 0.416 e. The van der Waals surface area contributed by atoms with Crippen LogP contribution < -0.4 is 5.32 Å². The molecule has 0 amide bonds. The Morgan fingerprint density at radius 3 is 2.33 bits per heavy atom. The van der Waals surface area contributed by atoms with Crippen LogP contribution in [0.4, 0.5) is 0 Å². The fraction of sp³-hybridized carbons (Fsp3) is 0.250. The number of pyridine rings is 2. The van der Waals surface area contributed by atoms with Gasteiger partial charge in [0, 0.05) is 37.7 Å². The maximum absolute atomic E-state index is 10.3. The Balaban J connectivity index is 0.00000216. The van der Waals surface area contributed by atoms with Gasteiger partial charge in [0.1, 0.15) is 0 Å². The highest BCUT2D eigenvalue weighted by atomic mass is 32.3. The van der Waals surface area contributed by atoms with Crippen molar-refractivity contribution in [3.63, 3.8) is 0 Å². The van der Waals surface area contributed by atoms with Crippen molar-refractivity contribution >= 4 is 10.6 Å². The Bertz CT molecular complexity index is 1250. The van der Waals surface area contributed by atoms with E-state index in [-0.39, 0.29) is 8.10 Å². The first-order valence-corrected chi connectivity index (χ1v) is 12.2. The van der Waals surface area contributed by atoms with E-state index in [1.165, 1.54) is 11.8 Å². The molecule has 9 heteroatoms. The quantitative estimate of drug-likeness (QED) is 0.306. The van der Waals surface area contributed by atoms with Gasteiger partial charge in [-0.05, 0) is 63.7 Å². The van der Waals surface area contributed by atoms with Gasteiger partial charge in [0.05, 0.1) is 22.3 Å². The standard InChI is InChI=1S/C24H27N5O3S.2H2/c1-15(2)33(30,31)20-9-10-22(27-14-20)19-11-21(16(3)26-13-19)24-29-28-23(32-24)18-7-5-17(6-8-18)12-25-4;;/h5-11,13-15,25,30-31H,12H2,1-4H3;2*1H. The van der Waals surface area contributed by atoms with Crippen molar-refractivity contribution in [2.24, 2.45) is 0 Å². The van der Waals surface area contributed by atoms with Crippen LogP contribution in [-0.2, 0) is 6.54 Å². The molecule has 0 fully saturated rings. The molecule has 0 spiro atoms. The van der Waals surface area contributed by atoms with Gasteiger partial charge >= 0.3 is 0 Å². The number of hydrogen-bond acceptors (Lipinski definition) is 8. The highest BCUT2D eigenvalue weighted by Gasteiger charge is 2.21. The normalized spacial score (nSPS) is 12.3. The first-order valence-electron chi connectivity index (χ1n) is 10.6. The van der Waals surface area contributed by atoms with Crippen molar-refractivity contribution in [1.82, 2.24) is 25.5 Å². The number of aryl methyl sites for hydroxylation is 1. The van der Waals surface area contributed by atoms with Crippen LogP contribution in [-0.4, -0.2) is 41.6 Å². The first kappa shape index (κ1) is 23.1. The van der Waals surface area contributed by atoms with Gasteiger partial charge in [0.25, 0.3) is 0 Å². The lowest BCUT2D eigenvalue weighted by Crippen LogP contribution is -2.10. The second-order valence-corrected chi connectivity index (χ2v) is 10.6. The summed E-state index contributed by atoms with van der Waals surface area (Å²) < 4.78 is 26.7. The lowest BCUT2D eigenvalue weighted by atomic mass is 10.1. The SMILES string of the molecule is CNCc1ccc(-c2nnc(-c3cc(-c4ccc(S(O)(O)C(C)C)cn4)cnc3C)o2)cc1.[HH].[HH]. The maximum Gasteiger partial charge on any atom is 0.250 e. The summed E-state index contributed by atoms with van der Waals surface area (Å²) >= 11 is 0. The Hall–Kier alpha value is -3.11. The third kappa shape index (κ3) is 4.81. The topological polar surface area (TPSA) is 117 Å². The molecule has 0 radical (unpaired) electrons. The molecule has 1 aromatic carbocycles. The monoisotopic (exact) mass is 469 g/mol. The molecular weight excluding hydrogens is 438 g/mol. The molecule has 3 heterocycles. The van der Waals surface area contributed by atoms with Crippen molar-refractivity contribution in [2.75, 3.05) is 7.05 Å². The Kier molecular flexibility index (Phi) is 6.57. The Morgan fingerprint density at radius 1 is 0.970 bits per heavy atom. The molecule has 0 unspecified atom stereocenters. The van der Waals surface area contributed by atoms with Crippen molar-refractivity contribution in [2.45, 2.75) is 37.5 Å². The average molecular weight is 470 g/mol. The third-order valence-electron chi connectivity index (χ3n) is 5.36. The number of aromatic nitrogens is 4. The molecule has 0 atom stereocenters. The summed E-state index contributed by atoms with van der Waals surface area (Å²) in [5, 5.41) is 11.3. The summed E-state index contributed by atoms with van der Waals surface area (Å²) in [6.45, 7) is 6.21. The van der Waals surface area contributed by atoms with Gasteiger partial charge in [-0.25, -0.2) is 0 Å². The number of rotatable bonds is 7. The van der Waals surface area contributed by atoms with E-state index >= 15 is 0 Å². The molecule has 4 aromatic rings. The van der Waals surface area contributed by atoms with Gasteiger partial charge in [-0.15, -0.1) is 10.2 Å². The molecule has 0 aliphatic rings. The summed E-state index contributed by atoms with van der Waals surface area (Å²) in [4.78, 5) is 9.32. The van der Waals surface area contributed by atoms with Crippen molar-refractivity contribution in [3.8, 4) is 34.2 Å². The number of nitrogens with zero attached hydrogens (tertiary/aromatic N) is 4. The fourth-order valence-electron chi connectivity index (χ4n) is 3.31. The summed E-state index contributed by atoms with van der Waals surface area (Å²) in [6, 6.07) is 13.3. The highest BCUT2D eigenvalue weighted by molar-refractivity contribution is 8.24. The lowest BCUT2D eigenvalue weighted by molar-refractivity contribution is 0.476. The van der Waals surface area contributed by atoms with Crippen molar-refractivity contribution < 1.29 is 16.4 Å². The second-order valence-electron chi connectivity index (χ2n) is 8.02. The highest BCUT2D eigenvalue weighted by Crippen LogP contribution is 2.51. The van der Waals surface area contributed by atoms with Crippen LogP contribution >= 0.6 is 10.6 Å². The van der Waals surface area contributed by atoms with Crippen molar-refractivity contribution in [1.29, 1.82) is 0 Å². The zero-order valence-electron chi connectivity index (χ0n) is 19.0. The van der Waals surface area contributed by atoms with Crippen LogP contribution in [0.1, 0.15) is 28.0 Å². The number of benzene rings is 1. The second kappa shape index (κ2) is 9.40. The fourth-order valence-corrected chi connectivity index (χ4v) is 4.33. The van der Waals surface area contributed by atoms with Crippen LogP contribution in [0.3, 0.4) is 0 Å². The molecule has 0 aliphatic heterocycles. The molecule has 176 valence electrons. The Labute approximate surface area is 197 Å². The summed E-state index contributed by atoms with van der Waals surface area (Å²) in [5.74, 6) is 0.814. The summed E-state index contributed by atoms with van der Waals surface area (Å²) in [5.41, 5.74) is 4.91. The Morgan fingerprint density at radius 2 is 1.70 bits per heavy atom. The minimum Gasteiger partial charge on any atom is -0.416 e. The van der Waals surface area contributed by atoms with Crippen LogP contribution in [0, 0.1) is 6.92 Å². The van der Waals surface area contributed by atoms with E-state index in [1.807, 2.05) is 44.3 Å². The minimum atomic E-state index is -2.88. The first-order chi connectivity index (χ1) is 15.8. The van der Waals surface area contributed by atoms with Gasteiger partial charge in [0.2, 0.25) is 11.8 Å². The van der Waals surface area contributed by atoms with Gasteiger partial charge < -0.3 is 9.73 Å². The lowest BCUT2D eigenvalue weighted by Gasteiger charge is -2.36. The van der Waals surface area contributed by atoms with Crippen LogP contribution in [0.15, 0.2) is 64.2 Å². The molecule has 0 aliphatic carbocycles.